The van der Waals surface area contributed by atoms with Crippen LogP contribution in [0.3, 0.4) is 0 Å². The predicted molar refractivity (Wildman–Crippen MR) is 66.2 cm³/mol. The molecule has 88 valence electrons. The Morgan fingerprint density at radius 3 is 2.94 bits per heavy atom. The van der Waals surface area contributed by atoms with Gasteiger partial charge in [0.25, 0.3) is 0 Å². The van der Waals surface area contributed by atoms with E-state index in [0.29, 0.717) is 6.04 Å². The van der Waals surface area contributed by atoms with Gasteiger partial charge in [0.1, 0.15) is 0 Å². The van der Waals surface area contributed by atoms with Crippen LogP contribution in [-0.4, -0.2) is 34.6 Å². The van der Waals surface area contributed by atoms with E-state index in [9.17, 15) is 0 Å². The molecule has 0 spiro atoms. The highest BCUT2D eigenvalue weighted by Gasteiger charge is 2.33. The molecular weight excluding hydrogens is 198 g/mol. The third kappa shape index (κ3) is 2.42. The lowest BCUT2D eigenvalue weighted by atomic mass is 9.96. The van der Waals surface area contributed by atoms with Gasteiger partial charge >= 0.3 is 0 Å². The first-order valence-corrected chi connectivity index (χ1v) is 5.97. The summed E-state index contributed by atoms with van der Waals surface area (Å²) in [5, 5.41) is 3.48. The van der Waals surface area contributed by atoms with Gasteiger partial charge < -0.3 is 5.32 Å². The van der Waals surface area contributed by atoms with Gasteiger partial charge in [0, 0.05) is 37.4 Å². The Balaban J connectivity index is 2.12. The van der Waals surface area contributed by atoms with Crippen molar-refractivity contribution in [1.29, 1.82) is 0 Å². The fraction of sp³-hybridized carbons (Fsp3) is 0.615. The van der Waals surface area contributed by atoms with Crippen molar-refractivity contribution in [1.82, 2.24) is 15.2 Å². The summed E-state index contributed by atoms with van der Waals surface area (Å²) in [5.41, 5.74) is 1.36. The van der Waals surface area contributed by atoms with Crippen molar-refractivity contribution in [3.8, 4) is 0 Å². The second-order valence-electron chi connectivity index (χ2n) is 5.24. The Bertz CT molecular complexity index is 334. The van der Waals surface area contributed by atoms with E-state index in [1.165, 1.54) is 0 Å². The van der Waals surface area contributed by atoms with E-state index in [1.54, 1.807) is 0 Å². The molecule has 1 fully saturated rings. The molecule has 1 N–H and O–H groups in total. The molecule has 0 bridgehead atoms. The van der Waals surface area contributed by atoms with E-state index in [1.807, 2.05) is 12.3 Å². The number of aromatic nitrogens is 1. The topological polar surface area (TPSA) is 28.2 Å². The molecule has 1 aromatic rings. The molecule has 2 rings (SSSR count). The Morgan fingerprint density at radius 1 is 1.50 bits per heavy atom. The summed E-state index contributed by atoms with van der Waals surface area (Å²) in [6.07, 6.45) is 1.87. The molecule has 16 heavy (non-hydrogen) atoms. The number of hydrogen-bond acceptors (Lipinski definition) is 3. The van der Waals surface area contributed by atoms with Crippen molar-refractivity contribution in [3.63, 3.8) is 0 Å². The third-order valence-corrected chi connectivity index (χ3v) is 3.37. The molecule has 1 aliphatic rings. The van der Waals surface area contributed by atoms with Crippen molar-refractivity contribution in [2.75, 3.05) is 13.1 Å². The molecule has 0 aromatic carbocycles. The largest absolute Gasteiger partial charge is 0.313 e. The number of rotatable bonds is 2. The lowest BCUT2D eigenvalue weighted by molar-refractivity contribution is 0.0363. The summed E-state index contributed by atoms with van der Waals surface area (Å²) in [7, 11) is 0. The number of piperazine rings is 1. The van der Waals surface area contributed by atoms with Gasteiger partial charge in [0.15, 0.2) is 0 Å². The lowest BCUT2D eigenvalue weighted by Gasteiger charge is -2.46. The van der Waals surface area contributed by atoms with Gasteiger partial charge in [0.2, 0.25) is 0 Å². The fourth-order valence-corrected chi connectivity index (χ4v) is 2.43. The standard InChI is InChI=1S/C13H21N3/c1-11-8-14-10-13(2,3)16(11)9-12-6-4-5-7-15-12/h4-7,11,14H,8-10H2,1-3H3. The highest BCUT2D eigenvalue weighted by atomic mass is 15.3. The van der Waals surface area contributed by atoms with Gasteiger partial charge in [-0.15, -0.1) is 0 Å². The summed E-state index contributed by atoms with van der Waals surface area (Å²) in [5.74, 6) is 0. The zero-order chi connectivity index (χ0) is 11.6. The molecule has 1 aromatic heterocycles. The molecule has 0 saturated carbocycles. The second-order valence-corrected chi connectivity index (χ2v) is 5.24. The Morgan fingerprint density at radius 2 is 2.31 bits per heavy atom. The highest BCUT2D eigenvalue weighted by Crippen LogP contribution is 2.22. The third-order valence-electron chi connectivity index (χ3n) is 3.37. The minimum absolute atomic E-state index is 0.204. The maximum Gasteiger partial charge on any atom is 0.0544 e. The maximum absolute atomic E-state index is 4.41. The van der Waals surface area contributed by atoms with Crippen LogP contribution >= 0.6 is 0 Å². The number of nitrogens with one attached hydrogen (secondary N) is 1. The zero-order valence-corrected chi connectivity index (χ0v) is 10.4. The summed E-state index contributed by atoms with van der Waals surface area (Å²) in [6.45, 7) is 9.91. The van der Waals surface area contributed by atoms with Crippen LogP contribution in [0.25, 0.3) is 0 Å². The predicted octanol–water partition coefficient (Wildman–Crippen LogP) is 1.65. The van der Waals surface area contributed by atoms with Crippen molar-refractivity contribution >= 4 is 0 Å². The Labute approximate surface area is 97.9 Å². The van der Waals surface area contributed by atoms with Crippen molar-refractivity contribution in [2.24, 2.45) is 0 Å². The average molecular weight is 219 g/mol. The van der Waals surface area contributed by atoms with E-state index >= 15 is 0 Å². The van der Waals surface area contributed by atoms with Crippen molar-refractivity contribution in [2.45, 2.75) is 38.9 Å². The number of hydrogen-bond donors (Lipinski definition) is 1. The van der Waals surface area contributed by atoms with Gasteiger partial charge in [-0.05, 0) is 32.9 Å². The smallest absolute Gasteiger partial charge is 0.0544 e. The molecule has 3 nitrogen and oxygen atoms in total. The normalized spacial score (nSPS) is 25.6. The minimum atomic E-state index is 0.204. The molecule has 1 atom stereocenters. The minimum Gasteiger partial charge on any atom is -0.313 e. The van der Waals surface area contributed by atoms with E-state index in [0.717, 1.165) is 25.3 Å². The fourth-order valence-electron chi connectivity index (χ4n) is 2.43. The van der Waals surface area contributed by atoms with Gasteiger partial charge in [-0.1, -0.05) is 6.07 Å². The van der Waals surface area contributed by atoms with Gasteiger partial charge in [-0.3, -0.25) is 9.88 Å². The molecule has 1 aliphatic heterocycles. The second kappa shape index (κ2) is 4.52. The van der Waals surface area contributed by atoms with Crippen LogP contribution < -0.4 is 5.32 Å². The lowest BCUT2D eigenvalue weighted by Crippen LogP contribution is -2.61. The van der Waals surface area contributed by atoms with Crippen molar-refractivity contribution in [3.05, 3.63) is 30.1 Å². The molecule has 1 saturated heterocycles. The van der Waals surface area contributed by atoms with Gasteiger partial charge in [-0.2, -0.15) is 0 Å². The van der Waals surface area contributed by atoms with Crippen LogP contribution in [-0.2, 0) is 6.54 Å². The number of pyridine rings is 1. The summed E-state index contributed by atoms with van der Waals surface area (Å²) in [6, 6.07) is 6.69. The maximum atomic E-state index is 4.41. The van der Waals surface area contributed by atoms with Crippen LogP contribution in [0.15, 0.2) is 24.4 Å². The van der Waals surface area contributed by atoms with E-state index in [-0.39, 0.29) is 5.54 Å². The first kappa shape index (κ1) is 11.6. The van der Waals surface area contributed by atoms with E-state index in [2.05, 4.69) is 48.1 Å². The van der Waals surface area contributed by atoms with Crippen LogP contribution in [0.4, 0.5) is 0 Å². The Kier molecular flexibility index (Phi) is 3.26. The first-order valence-electron chi connectivity index (χ1n) is 5.97. The van der Waals surface area contributed by atoms with Crippen LogP contribution in [0, 0.1) is 0 Å². The molecule has 3 heteroatoms. The van der Waals surface area contributed by atoms with Gasteiger partial charge in [0.05, 0.1) is 5.69 Å². The average Bonchev–Trinajstić information content (AvgIpc) is 2.25. The van der Waals surface area contributed by atoms with Crippen molar-refractivity contribution < 1.29 is 0 Å². The molecule has 2 heterocycles. The molecule has 0 aliphatic carbocycles. The molecule has 0 amide bonds. The van der Waals surface area contributed by atoms with Gasteiger partial charge in [-0.25, -0.2) is 0 Å². The molecular formula is C13H21N3. The molecule has 1 unspecified atom stereocenters. The molecule has 0 radical (unpaired) electrons. The van der Waals surface area contributed by atoms with E-state index in [4.69, 9.17) is 0 Å². The quantitative estimate of drug-likeness (QED) is 0.820. The summed E-state index contributed by atoms with van der Waals surface area (Å²) >= 11 is 0. The van der Waals surface area contributed by atoms with E-state index < -0.39 is 0 Å². The van der Waals surface area contributed by atoms with Crippen LogP contribution in [0.1, 0.15) is 26.5 Å². The Hall–Kier alpha value is -0.930. The van der Waals surface area contributed by atoms with Crippen LogP contribution in [0.2, 0.25) is 0 Å². The zero-order valence-electron chi connectivity index (χ0n) is 10.4. The monoisotopic (exact) mass is 219 g/mol. The first-order chi connectivity index (χ1) is 7.59. The highest BCUT2D eigenvalue weighted by molar-refractivity contribution is 5.05. The van der Waals surface area contributed by atoms with Crippen LogP contribution in [0.5, 0.6) is 0 Å². The summed E-state index contributed by atoms with van der Waals surface area (Å²) < 4.78 is 0. The SMILES string of the molecule is CC1CNCC(C)(C)N1Cc1ccccn1. The summed E-state index contributed by atoms with van der Waals surface area (Å²) in [4.78, 5) is 6.94. The number of nitrogens with zero attached hydrogens (tertiary/aromatic N) is 2.